The highest BCUT2D eigenvalue weighted by Crippen LogP contribution is 2.19. The molecule has 0 amide bonds. The molecule has 4 heteroatoms. The van der Waals surface area contributed by atoms with E-state index in [9.17, 15) is 4.39 Å². The molecule has 0 aliphatic heterocycles. The zero-order chi connectivity index (χ0) is 13.6. The van der Waals surface area contributed by atoms with Crippen molar-refractivity contribution in [3.63, 3.8) is 0 Å². The largest absolute Gasteiger partial charge is 0.496 e. The van der Waals surface area contributed by atoms with Gasteiger partial charge in [-0.05, 0) is 63.5 Å². The second-order valence-electron chi connectivity index (χ2n) is 5.19. The molecule has 0 spiro atoms. The predicted molar refractivity (Wildman–Crippen MR) is 72.4 cm³/mol. The van der Waals surface area contributed by atoms with Crippen LogP contribution in [0.3, 0.4) is 0 Å². The third kappa shape index (κ3) is 5.47. The van der Waals surface area contributed by atoms with Crippen molar-refractivity contribution in [1.29, 1.82) is 0 Å². The first-order valence-corrected chi connectivity index (χ1v) is 6.24. The van der Waals surface area contributed by atoms with Crippen LogP contribution in [0.2, 0.25) is 0 Å². The van der Waals surface area contributed by atoms with Crippen molar-refractivity contribution in [3.8, 4) is 5.75 Å². The molecule has 0 atom stereocenters. The highest BCUT2D eigenvalue weighted by Gasteiger charge is 2.09. The summed E-state index contributed by atoms with van der Waals surface area (Å²) in [4.78, 5) is 0. The molecular formula is C14H23FN2O. The van der Waals surface area contributed by atoms with E-state index in [2.05, 4.69) is 5.32 Å². The number of hydrogen-bond donors (Lipinski definition) is 2. The predicted octanol–water partition coefficient (Wildman–Crippen LogP) is 2.09. The summed E-state index contributed by atoms with van der Waals surface area (Å²) in [5, 5.41) is 3.30. The molecule has 18 heavy (non-hydrogen) atoms. The minimum absolute atomic E-state index is 0.149. The highest BCUT2D eigenvalue weighted by molar-refractivity contribution is 5.34. The number of ether oxygens (including phenoxy) is 1. The van der Waals surface area contributed by atoms with Gasteiger partial charge in [0, 0.05) is 5.54 Å². The molecule has 0 aliphatic rings. The van der Waals surface area contributed by atoms with Gasteiger partial charge in [0.1, 0.15) is 11.6 Å². The molecule has 0 aliphatic carbocycles. The first-order valence-electron chi connectivity index (χ1n) is 6.24. The molecular weight excluding hydrogens is 231 g/mol. The van der Waals surface area contributed by atoms with Crippen molar-refractivity contribution >= 4 is 0 Å². The van der Waals surface area contributed by atoms with Crippen LogP contribution in [-0.2, 0) is 6.42 Å². The minimum atomic E-state index is -0.228. The fraction of sp³-hybridized carbons (Fsp3) is 0.571. The molecule has 0 saturated heterocycles. The normalized spacial score (nSPS) is 11.6. The van der Waals surface area contributed by atoms with E-state index in [0.29, 0.717) is 0 Å². The van der Waals surface area contributed by atoms with E-state index >= 15 is 0 Å². The number of nitrogens with one attached hydrogen (secondary N) is 1. The Morgan fingerprint density at radius 3 is 2.67 bits per heavy atom. The summed E-state index contributed by atoms with van der Waals surface area (Å²) in [7, 11) is 1.60. The minimum Gasteiger partial charge on any atom is -0.496 e. The van der Waals surface area contributed by atoms with Crippen LogP contribution in [0, 0.1) is 5.82 Å². The zero-order valence-corrected chi connectivity index (χ0v) is 11.4. The molecule has 0 bridgehead atoms. The van der Waals surface area contributed by atoms with E-state index in [-0.39, 0.29) is 11.4 Å². The van der Waals surface area contributed by atoms with Gasteiger partial charge < -0.3 is 15.8 Å². The average molecular weight is 254 g/mol. The second-order valence-corrected chi connectivity index (χ2v) is 5.19. The lowest BCUT2D eigenvalue weighted by molar-refractivity contribution is 0.407. The Hall–Kier alpha value is -1.13. The maximum Gasteiger partial charge on any atom is 0.123 e. The van der Waals surface area contributed by atoms with Crippen molar-refractivity contribution in [1.82, 2.24) is 5.32 Å². The molecule has 1 aromatic rings. The van der Waals surface area contributed by atoms with Crippen molar-refractivity contribution < 1.29 is 9.13 Å². The number of nitrogens with two attached hydrogens (primary N) is 1. The third-order valence-electron chi connectivity index (χ3n) is 2.76. The van der Waals surface area contributed by atoms with Gasteiger partial charge in [0.25, 0.3) is 0 Å². The lowest BCUT2D eigenvalue weighted by atomic mass is 10.0. The maximum atomic E-state index is 13.1. The summed E-state index contributed by atoms with van der Waals surface area (Å²) in [6.07, 6.45) is 1.65. The first kappa shape index (κ1) is 14.9. The number of halogens is 1. The summed E-state index contributed by atoms with van der Waals surface area (Å²) in [6, 6.07) is 4.59. The van der Waals surface area contributed by atoms with E-state index in [4.69, 9.17) is 10.5 Å². The Labute approximate surface area is 109 Å². The van der Waals surface area contributed by atoms with E-state index in [0.717, 1.165) is 37.2 Å². The fourth-order valence-corrected chi connectivity index (χ4v) is 1.70. The van der Waals surface area contributed by atoms with Crippen LogP contribution in [0.25, 0.3) is 0 Å². The van der Waals surface area contributed by atoms with Crippen LogP contribution >= 0.6 is 0 Å². The highest BCUT2D eigenvalue weighted by atomic mass is 19.1. The summed E-state index contributed by atoms with van der Waals surface area (Å²) in [5.74, 6) is 0.506. The van der Waals surface area contributed by atoms with E-state index in [1.165, 1.54) is 12.1 Å². The zero-order valence-electron chi connectivity index (χ0n) is 11.4. The van der Waals surface area contributed by atoms with Gasteiger partial charge in [0.2, 0.25) is 0 Å². The van der Waals surface area contributed by atoms with Gasteiger partial charge in [0.15, 0.2) is 0 Å². The van der Waals surface area contributed by atoms with Crippen molar-refractivity contribution in [2.45, 2.75) is 32.2 Å². The molecule has 1 rings (SSSR count). The summed E-state index contributed by atoms with van der Waals surface area (Å²) in [6.45, 7) is 5.66. The standard InChI is InChI=1S/C14H23FN2O/c1-14(2,16)7-9-17-8-6-11-10-12(15)4-5-13(11)18-3/h4-5,10,17H,6-9,16H2,1-3H3. The van der Waals surface area contributed by atoms with Crippen LogP contribution in [-0.4, -0.2) is 25.7 Å². The Balaban J connectivity index is 2.37. The molecule has 0 heterocycles. The molecule has 1 aromatic carbocycles. The van der Waals surface area contributed by atoms with Gasteiger partial charge in [-0.1, -0.05) is 0 Å². The second kappa shape index (κ2) is 6.71. The van der Waals surface area contributed by atoms with Gasteiger partial charge in [-0.2, -0.15) is 0 Å². The molecule has 102 valence electrons. The fourth-order valence-electron chi connectivity index (χ4n) is 1.70. The van der Waals surface area contributed by atoms with Crippen LogP contribution in [0.5, 0.6) is 5.75 Å². The Bertz CT molecular complexity index is 375. The van der Waals surface area contributed by atoms with Crippen LogP contribution < -0.4 is 15.8 Å². The molecule has 0 aromatic heterocycles. The SMILES string of the molecule is COc1ccc(F)cc1CCNCCC(C)(C)N. The first-order chi connectivity index (χ1) is 8.42. The van der Waals surface area contributed by atoms with Crippen LogP contribution in [0.15, 0.2) is 18.2 Å². The molecule has 0 unspecified atom stereocenters. The molecule has 0 saturated carbocycles. The molecule has 0 fully saturated rings. The number of methoxy groups -OCH3 is 1. The molecule has 0 radical (unpaired) electrons. The number of benzene rings is 1. The quantitative estimate of drug-likeness (QED) is 0.732. The molecule has 3 nitrogen and oxygen atoms in total. The topological polar surface area (TPSA) is 47.3 Å². The monoisotopic (exact) mass is 254 g/mol. The summed E-state index contributed by atoms with van der Waals surface area (Å²) >= 11 is 0. The maximum absolute atomic E-state index is 13.1. The smallest absolute Gasteiger partial charge is 0.123 e. The Kier molecular flexibility index (Phi) is 5.56. The third-order valence-corrected chi connectivity index (χ3v) is 2.76. The summed E-state index contributed by atoms with van der Waals surface area (Å²) in [5.41, 5.74) is 6.62. The number of hydrogen-bond acceptors (Lipinski definition) is 3. The lowest BCUT2D eigenvalue weighted by Crippen LogP contribution is -2.36. The van der Waals surface area contributed by atoms with E-state index in [1.807, 2.05) is 13.8 Å². The Morgan fingerprint density at radius 2 is 2.06 bits per heavy atom. The van der Waals surface area contributed by atoms with Crippen molar-refractivity contribution in [3.05, 3.63) is 29.6 Å². The lowest BCUT2D eigenvalue weighted by Gasteiger charge is -2.18. The van der Waals surface area contributed by atoms with Crippen molar-refractivity contribution in [2.75, 3.05) is 20.2 Å². The van der Waals surface area contributed by atoms with Gasteiger partial charge in [-0.15, -0.1) is 0 Å². The average Bonchev–Trinajstić information content (AvgIpc) is 2.27. The van der Waals surface area contributed by atoms with Gasteiger partial charge in [-0.3, -0.25) is 0 Å². The van der Waals surface area contributed by atoms with Crippen molar-refractivity contribution in [2.24, 2.45) is 5.73 Å². The van der Waals surface area contributed by atoms with Crippen LogP contribution in [0.4, 0.5) is 4.39 Å². The van der Waals surface area contributed by atoms with E-state index < -0.39 is 0 Å². The molecule has 3 N–H and O–H groups in total. The van der Waals surface area contributed by atoms with Gasteiger partial charge in [-0.25, -0.2) is 4.39 Å². The van der Waals surface area contributed by atoms with Crippen LogP contribution in [0.1, 0.15) is 25.8 Å². The van der Waals surface area contributed by atoms with Gasteiger partial charge in [0.05, 0.1) is 7.11 Å². The van der Waals surface area contributed by atoms with Gasteiger partial charge >= 0.3 is 0 Å². The summed E-state index contributed by atoms with van der Waals surface area (Å²) < 4.78 is 18.3. The number of rotatable bonds is 7. The van der Waals surface area contributed by atoms with E-state index in [1.54, 1.807) is 13.2 Å². The Morgan fingerprint density at radius 1 is 1.33 bits per heavy atom.